The normalized spacial score (nSPS) is 28.3. The van der Waals surface area contributed by atoms with Crippen LogP contribution in [0.5, 0.6) is 5.75 Å². The molecule has 2 aliphatic rings. The Hall–Kier alpha value is -1.59. The molecule has 3 N–H and O–H groups in total. The van der Waals surface area contributed by atoms with Gasteiger partial charge >= 0.3 is 0 Å². The lowest BCUT2D eigenvalue weighted by Crippen LogP contribution is -2.34. The van der Waals surface area contributed by atoms with Gasteiger partial charge in [0.05, 0.1) is 12.0 Å². The summed E-state index contributed by atoms with van der Waals surface area (Å²) in [7, 11) is 0. The van der Waals surface area contributed by atoms with E-state index in [-0.39, 0.29) is 24.0 Å². The quantitative estimate of drug-likeness (QED) is 0.795. The Morgan fingerprint density at radius 3 is 2.64 bits per heavy atom. The van der Waals surface area contributed by atoms with Crippen molar-refractivity contribution in [3.8, 4) is 5.75 Å². The zero-order valence-electron chi connectivity index (χ0n) is 12.8. The minimum Gasteiger partial charge on any atom is -0.488 e. The molecule has 3 atom stereocenters. The minimum absolute atomic E-state index is 0.0633. The maximum Gasteiger partial charge on any atom is 0.228 e. The van der Waals surface area contributed by atoms with E-state index in [4.69, 9.17) is 4.74 Å². The summed E-state index contributed by atoms with van der Waals surface area (Å²) in [6.45, 7) is 1.67. The predicted octanol–water partition coefficient (Wildman–Crippen LogP) is 1.92. The van der Waals surface area contributed by atoms with E-state index >= 15 is 0 Å². The molecule has 0 bridgehead atoms. The Morgan fingerprint density at radius 2 is 1.95 bits per heavy atom. The number of hydrogen-bond acceptors (Lipinski definition) is 4. The molecule has 1 aromatic carbocycles. The molecule has 3 unspecified atom stereocenters. The van der Waals surface area contributed by atoms with Crippen molar-refractivity contribution in [3.05, 3.63) is 24.3 Å². The first-order valence-electron chi connectivity index (χ1n) is 8.19. The average molecular weight is 304 g/mol. The highest BCUT2D eigenvalue weighted by Gasteiger charge is 2.25. The largest absolute Gasteiger partial charge is 0.488 e. The van der Waals surface area contributed by atoms with Crippen molar-refractivity contribution in [2.24, 2.45) is 5.92 Å². The number of nitrogens with one attached hydrogen (secondary N) is 2. The zero-order valence-corrected chi connectivity index (χ0v) is 12.8. The van der Waals surface area contributed by atoms with E-state index in [2.05, 4.69) is 10.6 Å². The van der Waals surface area contributed by atoms with Crippen molar-refractivity contribution < 1.29 is 14.6 Å². The topological polar surface area (TPSA) is 70.6 Å². The van der Waals surface area contributed by atoms with Gasteiger partial charge in [-0.15, -0.1) is 0 Å². The van der Waals surface area contributed by atoms with E-state index in [1.165, 1.54) is 0 Å². The summed E-state index contributed by atoms with van der Waals surface area (Å²) in [6.07, 6.45) is 4.30. The molecule has 22 heavy (non-hydrogen) atoms. The van der Waals surface area contributed by atoms with Crippen LogP contribution in [0.4, 0.5) is 5.69 Å². The van der Waals surface area contributed by atoms with Crippen LogP contribution in [0.25, 0.3) is 0 Å². The lowest BCUT2D eigenvalue weighted by molar-refractivity contribution is -0.119. The number of anilines is 1. The summed E-state index contributed by atoms with van der Waals surface area (Å²) in [5, 5.41) is 16.1. The second-order valence-corrected chi connectivity index (χ2v) is 6.21. The number of rotatable bonds is 4. The third-order valence-corrected chi connectivity index (χ3v) is 4.51. The van der Waals surface area contributed by atoms with Gasteiger partial charge in [-0.25, -0.2) is 0 Å². The summed E-state index contributed by atoms with van der Waals surface area (Å²) >= 11 is 0. The highest BCUT2D eigenvalue weighted by molar-refractivity contribution is 5.92. The van der Waals surface area contributed by atoms with Crippen molar-refractivity contribution in [2.45, 2.75) is 44.3 Å². The third kappa shape index (κ3) is 3.78. The van der Waals surface area contributed by atoms with E-state index in [0.29, 0.717) is 0 Å². The van der Waals surface area contributed by atoms with Gasteiger partial charge in [-0.2, -0.15) is 0 Å². The van der Waals surface area contributed by atoms with Crippen LogP contribution < -0.4 is 15.4 Å². The molecule has 2 fully saturated rings. The second-order valence-electron chi connectivity index (χ2n) is 6.21. The first-order valence-corrected chi connectivity index (χ1v) is 8.19. The molecule has 1 aromatic rings. The summed E-state index contributed by atoms with van der Waals surface area (Å²) in [4.78, 5) is 12.0. The highest BCUT2D eigenvalue weighted by Crippen LogP contribution is 2.25. The number of aliphatic hydroxyl groups excluding tert-OH is 1. The number of hydrogen-bond donors (Lipinski definition) is 3. The van der Waals surface area contributed by atoms with Gasteiger partial charge in [0.1, 0.15) is 11.9 Å². The monoisotopic (exact) mass is 304 g/mol. The summed E-state index contributed by atoms with van der Waals surface area (Å²) < 4.78 is 5.85. The maximum atomic E-state index is 12.0. The van der Waals surface area contributed by atoms with E-state index in [9.17, 15) is 9.90 Å². The Morgan fingerprint density at radius 1 is 1.18 bits per heavy atom. The Labute approximate surface area is 131 Å². The first kappa shape index (κ1) is 15.3. The SMILES string of the molecule is O=C(Nc1ccc(OC2CCCCC2O)cc1)C1CCNC1. The average Bonchev–Trinajstić information content (AvgIpc) is 3.06. The van der Waals surface area contributed by atoms with E-state index in [0.717, 1.165) is 56.6 Å². The predicted molar refractivity (Wildman–Crippen MR) is 84.9 cm³/mol. The van der Waals surface area contributed by atoms with Gasteiger partial charge in [0.25, 0.3) is 0 Å². The molecule has 120 valence electrons. The van der Waals surface area contributed by atoms with Crippen LogP contribution in [-0.4, -0.2) is 36.3 Å². The van der Waals surface area contributed by atoms with Gasteiger partial charge in [-0.05, 0) is 56.5 Å². The number of aliphatic hydroxyl groups is 1. The van der Waals surface area contributed by atoms with Crippen molar-refractivity contribution in [1.82, 2.24) is 5.32 Å². The number of benzene rings is 1. The van der Waals surface area contributed by atoms with Gasteiger partial charge in [-0.1, -0.05) is 6.42 Å². The van der Waals surface area contributed by atoms with Crippen LogP contribution in [0.3, 0.4) is 0 Å². The van der Waals surface area contributed by atoms with E-state index in [1.807, 2.05) is 24.3 Å². The smallest absolute Gasteiger partial charge is 0.228 e. The second kappa shape index (κ2) is 7.11. The fraction of sp³-hybridized carbons (Fsp3) is 0.588. The summed E-state index contributed by atoms with van der Waals surface area (Å²) in [6, 6.07) is 7.41. The van der Waals surface area contributed by atoms with Crippen molar-refractivity contribution >= 4 is 11.6 Å². The fourth-order valence-corrected chi connectivity index (χ4v) is 3.13. The van der Waals surface area contributed by atoms with Gasteiger partial charge in [-0.3, -0.25) is 4.79 Å². The van der Waals surface area contributed by atoms with E-state index < -0.39 is 0 Å². The molecule has 1 amide bonds. The first-order chi connectivity index (χ1) is 10.7. The standard InChI is InChI=1S/C17H24N2O3/c20-15-3-1-2-4-16(15)22-14-7-5-13(6-8-14)19-17(21)12-9-10-18-11-12/h5-8,12,15-16,18,20H,1-4,9-11H2,(H,19,21). The number of carbonyl (C=O) groups excluding carboxylic acids is 1. The van der Waals surface area contributed by atoms with Crippen molar-refractivity contribution in [1.29, 1.82) is 0 Å². The number of amides is 1. The molecule has 1 saturated heterocycles. The third-order valence-electron chi connectivity index (χ3n) is 4.51. The van der Waals surface area contributed by atoms with Crippen LogP contribution >= 0.6 is 0 Å². The maximum absolute atomic E-state index is 12.0. The Kier molecular flexibility index (Phi) is 4.95. The molecule has 1 aliphatic heterocycles. The van der Waals surface area contributed by atoms with Crippen LogP contribution in [0.2, 0.25) is 0 Å². The Balaban J connectivity index is 1.54. The van der Waals surface area contributed by atoms with Gasteiger partial charge in [0.15, 0.2) is 0 Å². The van der Waals surface area contributed by atoms with Gasteiger partial charge < -0.3 is 20.5 Å². The molecular formula is C17H24N2O3. The molecule has 0 spiro atoms. The number of ether oxygens (including phenoxy) is 1. The highest BCUT2D eigenvalue weighted by atomic mass is 16.5. The van der Waals surface area contributed by atoms with Crippen LogP contribution in [-0.2, 0) is 4.79 Å². The van der Waals surface area contributed by atoms with Crippen molar-refractivity contribution in [3.63, 3.8) is 0 Å². The summed E-state index contributed by atoms with van der Waals surface area (Å²) in [5.74, 6) is 0.876. The molecule has 0 aromatic heterocycles. The fourth-order valence-electron chi connectivity index (χ4n) is 3.13. The molecule has 3 rings (SSSR count). The Bertz CT molecular complexity index is 497. The van der Waals surface area contributed by atoms with Crippen LogP contribution in [0, 0.1) is 5.92 Å². The number of carbonyl (C=O) groups is 1. The minimum atomic E-state index is -0.372. The summed E-state index contributed by atoms with van der Waals surface area (Å²) in [5.41, 5.74) is 0.786. The molecule has 5 nitrogen and oxygen atoms in total. The van der Waals surface area contributed by atoms with Crippen molar-refractivity contribution in [2.75, 3.05) is 18.4 Å². The van der Waals surface area contributed by atoms with Crippen LogP contribution in [0.15, 0.2) is 24.3 Å². The molecule has 1 saturated carbocycles. The molecule has 5 heteroatoms. The van der Waals surface area contributed by atoms with E-state index in [1.54, 1.807) is 0 Å². The van der Waals surface area contributed by atoms with Gasteiger partial charge in [0.2, 0.25) is 5.91 Å². The zero-order chi connectivity index (χ0) is 15.4. The molecule has 0 radical (unpaired) electrons. The van der Waals surface area contributed by atoms with Gasteiger partial charge in [0, 0.05) is 12.2 Å². The lowest BCUT2D eigenvalue weighted by Gasteiger charge is -2.28. The lowest BCUT2D eigenvalue weighted by atomic mass is 9.95. The molecule has 1 aliphatic carbocycles. The molecular weight excluding hydrogens is 280 g/mol. The molecule has 1 heterocycles. The van der Waals surface area contributed by atoms with Crippen LogP contribution in [0.1, 0.15) is 32.1 Å².